The molecular weight excluding hydrogens is 502 g/mol. The van der Waals surface area contributed by atoms with Gasteiger partial charge in [0.1, 0.15) is 11.3 Å². The zero-order valence-corrected chi connectivity index (χ0v) is 22.0. The molecule has 2 aromatic heterocycles. The monoisotopic (exact) mass is 525 g/mol. The largest absolute Gasteiger partial charge is 0.506 e. The van der Waals surface area contributed by atoms with Crippen molar-refractivity contribution in [2.45, 2.75) is 0 Å². The molecule has 0 unspecified atom stereocenters. The first-order chi connectivity index (χ1) is 20.2. The molecule has 0 saturated heterocycles. The molecule has 8 aromatic rings. The van der Waals surface area contributed by atoms with Crippen molar-refractivity contribution in [3.05, 3.63) is 133 Å². The molecule has 4 heteroatoms. The Hall–Kier alpha value is -5.61. The molecule has 0 amide bonds. The molecule has 0 radical (unpaired) electrons. The Morgan fingerprint density at radius 2 is 1.07 bits per heavy atom. The molecule has 8 rings (SSSR count). The van der Waals surface area contributed by atoms with E-state index >= 15 is 0 Å². The second kappa shape index (κ2) is 9.25. The molecule has 41 heavy (non-hydrogen) atoms. The van der Waals surface area contributed by atoms with Crippen LogP contribution in [0.2, 0.25) is 0 Å². The Kier molecular flexibility index (Phi) is 5.25. The first kappa shape index (κ1) is 23.3. The number of aromatic hydroxyl groups is 1. The molecule has 0 fully saturated rings. The van der Waals surface area contributed by atoms with Crippen LogP contribution in [0.1, 0.15) is 0 Å². The van der Waals surface area contributed by atoms with Gasteiger partial charge in [0, 0.05) is 38.2 Å². The predicted octanol–water partition coefficient (Wildman–Crippen LogP) is 9.19. The van der Waals surface area contributed by atoms with Crippen LogP contribution >= 0.6 is 0 Å². The molecule has 2 heterocycles. The summed E-state index contributed by atoms with van der Waals surface area (Å²) >= 11 is 0. The maximum absolute atomic E-state index is 10.8. The van der Waals surface area contributed by atoms with Crippen LogP contribution in [0.4, 0.5) is 0 Å². The molecule has 0 aliphatic heterocycles. The maximum atomic E-state index is 10.8. The fraction of sp³-hybridized carbons (Fsp3) is 0. The van der Waals surface area contributed by atoms with Gasteiger partial charge in [-0.15, -0.1) is 0 Å². The van der Waals surface area contributed by atoms with Crippen LogP contribution in [0.5, 0.6) is 5.75 Å². The number of benzene rings is 6. The molecule has 0 spiro atoms. The second-order valence-corrected chi connectivity index (χ2v) is 10.2. The average molecular weight is 526 g/mol. The smallest absolute Gasteiger partial charge is 0.160 e. The van der Waals surface area contributed by atoms with Gasteiger partial charge in [0.15, 0.2) is 5.82 Å². The lowest BCUT2D eigenvalue weighted by Crippen LogP contribution is -1.95. The number of rotatable bonds is 3. The van der Waals surface area contributed by atoms with Crippen LogP contribution in [0, 0.1) is 0 Å². The zero-order chi connectivity index (χ0) is 27.3. The fourth-order valence-electron chi connectivity index (χ4n) is 5.80. The highest BCUT2D eigenvalue weighted by atomic mass is 16.3. The van der Waals surface area contributed by atoms with Crippen molar-refractivity contribution in [1.29, 1.82) is 0 Å². The third-order valence-corrected chi connectivity index (χ3v) is 7.76. The summed E-state index contributed by atoms with van der Waals surface area (Å²) in [5, 5.41) is 17.2. The van der Waals surface area contributed by atoms with Gasteiger partial charge in [-0.1, -0.05) is 121 Å². The Labute approximate surface area is 236 Å². The molecule has 4 nitrogen and oxygen atoms in total. The Morgan fingerprint density at radius 3 is 1.93 bits per heavy atom. The maximum Gasteiger partial charge on any atom is 0.160 e. The molecule has 192 valence electrons. The van der Waals surface area contributed by atoms with Gasteiger partial charge in [0.05, 0.1) is 16.9 Å². The van der Waals surface area contributed by atoms with Crippen LogP contribution in [-0.4, -0.2) is 20.1 Å². The molecular formula is C37H23N3O. The van der Waals surface area contributed by atoms with Crippen LogP contribution in [0.25, 0.3) is 77.3 Å². The van der Waals surface area contributed by atoms with Crippen molar-refractivity contribution in [2.75, 3.05) is 0 Å². The lowest BCUT2D eigenvalue weighted by molar-refractivity contribution is 0.480. The summed E-state index contributed by atoms with van der Waals surface area (Å²) in [5.74, 6) is 0.849. The molecule has 0 bridgehead atoms. The Morgan fingerprint density at radius 1 is 0.415 bits per heavy atom. The molecule has 6 aromatic carbocycles. The average Bonchev–Trinajstić information content (AvgIpc) is 3.04. The summed E-state index contributed by atoms with van der Waals surface area (Å²) in [6, 6.07) is 44.8. The summed E-state index contributed by atoms with van der Waals surface area (Å²) in [6.45, 7) is 0. The third kappa shape index (κ3) is 3.80. The summed E-state index contributed by atoms with van der Waals surface area (Å²) in [6.07, 6.45) is 0. The number of phenolic OH excluding ortho intramolecular Hbond substituents is 1. The van der Waals surface area contributed by atoms with E-state index < -0.39 is 0 Å². The lowest BCUT2D eigenvalue weighted by Gasteiger charge is -2.14. The van der Waals surface area contributed by atoms with E-state index in [1.54, 1.807) is 6.07 Å². The third-order valence-electron chi connectivity index (χ3n) is 7.76. The second-order valence-electron chi connectivity index (χ2n) is 10.2. The molecule has 1 N–H and O–H groups in total. The molecule has 0 saturated carbocycles. The number of nitrogens with zero attached hydrogens (tertiary/aromatic N) is 3. The summed E-state index contributed by atoms with van der Waals surface area (Å²) in [4.78, 5) is 14.9. The zero-order valence-electron chi connectivity index (χ0n) is 22.0. The summed E-state index contributed by atoms with van der Waals surface area (Å²) < 4.78 is 0. The fourth-order valence-corrected chi connectivity index (χ4v) is 5.80. The lowest BCUT2D eigenvalue weighted by atomic mass is 9.95. The van der Waals surface area contributed by atoms with Gasteiger partial charge >= 0.3 is 0 Å². The SMILES string of the molecule is Oc1cccc2c1nc(-c1ccc(-c3nc(-c4ccccc4)c4ccccc4n3)cc1)c1ccc3ccccc3c12. The summed E-state index contributed by atoms with van der Waals surface area (Å²) in [5.41, 5.74) is 6.20. The van der Waals surface area contributed by atoms with Gasteiger partial charge in [0.25, 0.3) is 0 Å². The quantitative estimate of drug-likeness (QED) is 0.234. The highest BCUT2D eigenvalue weighted by Gasteiger charge is 2.16. The van der Waals surface area contributed by atoms with E-state index in [1.807, 2.05) is 54.6 Å². The van der Waals surface area contributed by atoms with Crippen LogP contribution in [0.15, 0.2) is 133 Å². The highest BCUT2D eigenvalue weighted by Crippen LogP contribution is 2.39. The van der Waals surface area contributed by atoms with E-state index in [0.29, 0.717) is 11.3 Å². The van der Waals surface area contributed by atoms with E-state index in [-0.39, 0.29) is 5.75 Å². The minimum atomic E-state index is 0.174. The van der Waals surface area contributed by atoms with Crippen LogP contribution in [0.3, 0.4) is 0 Å². The number of para-hydroxylation sites is 2. The first-order valence-corrected chi connectivity index (χ1v) is 13.6. The van der Waals surface area contributed by atoms with Crippen LogP contribution in [-0.2, 0) is 0 Å². The number of fused-ring (bicyclic) bond motifs is 6. The van der Waals surface area contributed by atoms with Crippen molar-refractivity contribution in [3.8, 4) is 39.7 Å². The van der Waals surface area contributed by atoms with Crippen molar-refractivity contribution in [1.82, 2.24) is 15.0 Å². The van der Waals surface area contributed by atoms with Crippen molar-refractivity contribution >= 4 is 43.4 Å². The van der Waals surface area contributed by atoms with E-state index in [0.717, 1.165) is 65.9 Å². The topological polar surface area (TPSA) is 58.9 Å². The first-order valence-electron chi connectivity index (χ1n) is 13.6. The molecule has 0 atom stereocenters. The van der Waals surface area contributed by atoms with E-state index in [2.05, 4.69) is 72.8 Å². The number of pyridine rings is 1. The summed E-state index contributed by atoms with van der Waals surface area (Å²) in [7, 11) is 0. The number of aromatic nitrogens is 3. The Balaban J connectivity index is 1.32. The predicted molar refractivity (Wildman–Crippen MR) is 168 cm³/mol. The molecule has 0 aliphatic carbocycles. The Bertz CT molecular complexity index is 2260. The van der Waals surface area contributed by atoms with Crippen molar-refractivity contribution < 1.29 is 5.11 Å². The van der Waals surface area contributed by atoms with Crippen molar-refractivity contribution in [3.63, 3.8) is 0 Å². The van der Waals surface area contributed by atoms with Gasteiger partial charge in [0.2, 0.25) is 0 Å². The minimum Gasteiger partial charge on any atom is -0.506 e. The number of hydrogen-bond acceptors (Lipinski definition) is 4. The van der Waals surface area contributed by atoms with Crippen molar-refractivity contribution in [2.24, 2.45) is 0 Å². The molecule has 0 aliphatic rings. The minimum absolute atomic E-state index is 0.174. The van der Waals surface area contributed by atoms with Gasteiger partial charge < -0.3 is 5.11 Å². The van der Waals surface area contributed by atoms with Gasteiger partial charge in [-0.2, -0.15) is 0 Å². The van der Waals surface area contributed by atoms with E-state index in [1.165, 1.54) is 0 Å². The highest BCUT2D eigenvalue weighted by molar-refractivity contribution is 6.23. The van der Waals surface area contributed by atoms with Gasteiger partial charge in [-0.05, 0) is 22.9 Å². The van der Waals surface area contributed by atoms with Crippen LogP contribution < -0.4 is 0 Å². The van der Waals surface area contributed by atoms with Gasteiger partial charge in [-0.3, -0.25) is 0 Å². The van der Waals surface area contributed by atoms with Gasteiger partial charge in [-0.25, -0.2) is 15.0 Å². The normalized spacial score (nSPS) is 11.5. The number of hydrogen-bond donors (Lipinski definition) is 1. The number of phenols is 1. The van der Waals surface area contributed by atoms with E-state index in [9.17, 15) is 5.11 Å². The standard InChI is InChI=1S/C37H23N3O/c41-32-16-8-14-29-33-27-12-5-4-9-23(27)21-22-30(33)35(39-36(29)32)25-17-19-26(20-18-25)37-38-31-15-7-6-13-28(31)34(40-37)24-10-2-1-3-11-24/h1-22,41H. The van der Waals surface area contributed by atoms with E-state index in [4.69, 9.17) is 15.0 Å².